The van der Waals surface area contributed by atoms with Gasteiger partial charge in [0.05, 0.1) is 18.2 Å². The van der Waals surface area contributed by atoms with Crippen molar-refractivity contribution in [3.8, 4) is 11.1 Å². The number of carbonyl (C=O) groups excluding carboxylic acids is 1. The fourth-order valence-corrected chi connectivity index (χ4v) is 2.04. The Kier molecular flexibility index (Phi) is 4.18. The van der Waals surface area contributed by atoms with Gasteiger partial charge in [0.15, 0.2) is 0 Å². The lowest BCUT2D eigenvalue weighted by atomic mass is 9.99. The third kappa shape index (κ3) is 3.16. The number of aromatic nitrogens is 1. The molecule has 7 heteroatoms. The molecule has 0 aliphatic rings. The first-order valence-electron chi connectivity index (χ1n) is 5.75. The van der Waals surface area contributed by atoms with E-state index in [4.69, 9.17) is 11.6 Å². The molecule has 2 rings (SSSR count). The number of rotatable bonds is 2. The van der Waals surface area contributed by atoms with E-state index >= 15 is 0 Å². The minimum atomic E-state index is -4.54. The van der Waals surface area contributed by atoms with Gasteiger partial charge >= 0.3 is 12.1 Å². The van der Waals surface area contributed by atoms with Gasteiger partial charge in [-0.25, -0.2) is 9.78 Å². The second kappa shape index (κ2) is 5.73. The molecule has 0 radical (unpaired) electrons. The Morgan fingerprint density at radius 2 is 1.90 bits per heavy atom. The maximum Gasteiger partial charge on any atom is 0.417 e. The van der Waals surface area contributed by atoms with Crippen molar-refractivity contribution in [3.05, 3.63) is 52.8 Å². The molecule has 0 atom stereocenters. The molecule has 1 aromatic carbocycles. The summed E-state index contributed by atoms with van der Waals surface area (Å²) in [5.74, 6) is -0.704. The van der Waals surface area contributed by atoms with Crippen LogP contribution in [0.4, 0.5) is 13.2 Å². The molecule has 21 heavy (non-hydrogen) atoms. The van der Waals surface area contributed by atoms with Crippen LogP contribution in [-0.4, -0.2) is 18.1 Å². The zero-order valence-corrected chi connectivity index (χ0v) is 11.5. The molecule has 110 valence electrons. The molecular formula is C14H9ClF3NO2. The summed E-state index contributed by atoms with van der Waals surface area (Å²) < 4.78 is 43.6. The molecule has 0 amide bonds. The lowest BCUT2D eigenvalue weighted by Gasteiger charge is -2.14. The van der Waals surface area contributed by atoms with E-state index in [-0.39, 0.29) is 21.8 Å². The van der Waals surface area contributed by atoms with Crippen LogP contribution in [0.25, 0.3) is 11.1 Å². The smallest absolute Gasteiger partial charge is 0.417 e. The maximum atomic E-state index is 13.0. The second-order valence-electron chi connectivity index (χ2n) is 4.10. The van der Waals surface area contributed by atoms with Crippen molar-refractivity contribution in [1.82, 2.24) is 4.98 Å². The number of pyridine rings is 1. The molecule has 0 saturated carbocycles. The summed E-state index contributed by atoms with van der Waals surface area (Å²) in [6, 6.07) is 6.17. The maximum absolute atomic E-state index is 13.0. The Labute approximate surface area is 123 Å². The standard InChI is InChI=1S/C14H9ClF3NO2/c1-21-13(20)8-6-10(12(15)19-7-8)9-4-2-3-5-11(9)14(16,17)18/h2-7H,1H3. The van der Waals surface area contributed by atoms with Gasteiger partial charge in [0.2, 0.25) is 0 Å². The Balaban J connectivity index is 2.65. The van der Waals surface area contributed by atoms with Crippen LogP contribution in [-0.2, 0) is 10.9 Å². The van der Waals surface area contributed by atoms with Crippen LogP contribution in [0.15, 0.2) is 36.5 Å². The van der Waals surface area contributed by atoms with Crippen LogP contribution in [0.1, 0.15) is 15.9 Å². The number of halogens is 4. The Bertz CT molecular complexity index is 686. The summed E-state index contributed by atoms with van der Waals surface area (Å²) in [6.07, 6.45) is -3.39. The minimum absolute atomic E-state index is 0.0208. The number of ether oxygens (including phenoxy) is 1. The summed E-state index contributed by atoms with van der Waals surface area (Å²) in [5.41, 5.74) is -0.953. The topological polar surface area (TPSA) is 39.2 Å². The summed E-state index contributed by atoms with van der Waals surface area (Å²) >= 11 is 5.87. The van der Waals surface area contributed by atoms with E-state index in [0.29, 0.717) is 0 Å². The Morgan fingerprint density at radius 1 is 1.24 bits per heavy atom. The number of alkyl halides is 3. The fraction of sp³-hybridized carbons (Fsp3) is 0.143. The highest BCUT2D eigenvalue weighted by molar-refractivity contribution is 6.32. The zero-order chi connectivity index (χ0) is 15.6. The first-order chi connectivity index (χ1) is 9.84. The molecule has 0 saturated heterocycles. The minimum Gasteiger partial charge on any atom is -0.465 e. The van der Waals surface area contributed by atoms with Crippen molar-refractivity contribution in [2.75, 3.05) is 7.11 Å². The zero-order valence-electron chi connectivity index (χ0n) is 10.7. The first-order valence-corrected chi connectivity index (χ1v) is 6.13. The Morgan fingerprint density at radius 3 is 2.52 bits per heavy atom. The van der Waals surface area contributed by atoms with Crippen molar-refractivity contribution in [2.45, 2.75) is 6.18 Å². The van der Waals surface area contributed by atoms with E-state index in [2.05, 4.69) is 9.72 Å². The molecule has 0 aliphatic carbocycles. The molecule has 0 unspecified atom stereocenters. The lowest BCUT2D eigenvalue weighted by molar-refractivity contribution is -0.137. The number of hydrogen-bond acceptors (Lipinski definition) is 3. The Hall–Kier alpha value is -2.08. The molecule has 0 aliphatic heterocycles. The third-order valence-corrected chi connectivity index (χ3v) is 3.08. The first kappa shape index (κ1) is 15.3. The fourth-order valence-electron chi connectivity index (χ4n) is 1.83. The molecule has 1 aromatic heterocycles. The summed E-state index contributed by atoms with van der Waals surface area (Å²) in [6.45, 7) is 0. The normalized spacial score (nSPS) is 11.3. The lowest BCUT2D eigenvalue weighted by Crippen LogP contribution is -2.08. The number of benzene rings is 1. The van der Waals surface area contributed by atoms with Gasteiger partial charge in [-0.3, -0.25) is 0 Å². The molecule has 0 fully saturated rings. The van der Waals surface area contributed by atoms with E-state index in [0.717, 1.165) is 12.3 Å². The van der Waals surface area contributed by atoms with Gasteiger partial charge in [0.1, 0.15) is 5.15 Å². The predicted molar refractivity (Wildman–Crippen MR) is 71.0 cm³/mol. The van der Waals surface area contributed by atoms with E-state index in [1.54, 1.807) is 0 Å². The van der Waals surface area contributed by atoms with Crippen LogP contribution in [0.2, 0.25) is 5.15 Å². The number of hydrogen-bond donors (Lipinski definition) is 0. The molecule has 0 N–H and O–H groups in total. The van der Waals surface area contributed by atoms with Crippen molar-refractivity contribution >= 4 is 17.6 Å². The highest BCUT2D eigenvalue weighted by Crippen LogP contribution is 2.39. The van der Waals surface area contributed by atoms with Gasteiger partial charge in [-0.1, -0.05) is 29.8 Å². The van der Waals surface area contributed by atoms with Gasteiger partial charge in [-0.05, 0) is 17.7 Å². The number of carbonyl (C=O) groups is 1. The summed E-state index contributed by atoms with van der Waals surface area (Å²) in [5, 5.41) is -0.126. The molecule has 2 aromatic rings. The van der Waals surface area contributed by atoms with Crippen molar-refractivity contribution in [3.63, 3.8) is 0 Å². The van der Waals surface area contributed by atoms with E-state index in [1.165, 1.54) is 31.4 Å². The molecule has 1 heterocycles. The van der Waals surface area contributed by atoms with Crippen LogP contribution < -0.4 is 0 Å². The summed E-state index contributed by atoms with van der Waals surface area (Å²) in [7, 11) is 1.17. The highest BCUT2D eigenvalue weighted by Gasteiger charge is 2.34. The number of nitrogens with zero attached hydrogens (tertiary/aromatic N) is 1. The monoisotopic (exact) mass is 315 g/mol. The summed E-state index contributed by atoms with van der Waals surface area (Å²) in [4.78, 5) is 15.2. The largest absolute Gasteiger partial charge is 0.465 e. The molecule has 0 bridgehead atoms. The van der Waals surface area contributed by atoms with Crippen LogP contribution in [0.5, 0.6) is 0 Å². The van der Waals surface area contributed by atoms with Gasteiger partial charge in [-0.2, -0.15) is 13.2 Å². The highest BCUT2D eigenvalue weighted by atomic mass is 35.5. The van der Waals surface area contributed by atoms with Crippen molar-refractivity contribution < 1.29 is 22.7 Å². The number of methoxy groups -OCH3 is 1. The SMILES string of the molecule is COC(=O)c1cnc(Cl)c(-c2ccccc2C(F)(F)F)c1. The molecule has 3 nitrogen and oxygen atoms in total. The second-order valence-corrected chi connectivity index (χ2v) is 4.46. The van der Waals surface area contributed by atoms with E-state index < -0.39 is 17.7 Å². The van der Waals surface area contributed by atoms with Crippen LogP contribution in [0, 0.1) is 0 Å². The number of esters is 1. The van der Waals surface area contributed by atoms with Gasteiger partial charge in [-0.15, -0.1) is 0 Å². The van der Waals surface area contributed by atoms with Crippen molar-refractivity contribution in [2.24, 2.45) is 0 Å². The third-order valence-electron chi connectivity index (χ3n) is 2.78. The average molecular weight is 316 g/mol. The average Bonchev–Trinajstić information content (AvgIpc) is 2.46. The molecular weight excluding hydrogens is 307 g/mol. The van der Waals surface area contributed by atoms with E-state index in [9.17, 15) is 18.0 Å². The quantitative estimate of drug-likeness (QED) is 0.615. The predicted octanol–water partition coefficient (Wildman–Crippen LogP) is 4.21. The van der Waals surface area contributed by atoms with E-state index in [1.807, 2.05) is 0 Å². The van der Waals surface area contributed by atoms with Crippen LogP contribution >= 0.6 is 11.6 Å². The van der Waals surface area contributed by atoms with Gasteiger partial charge < -0.3 is 4.74 Å². The molecule has 0 spiro atoms. The van der Waals surface area contributed by atoms with Gasteiger partial charge in [0.25, 0.3) is 0 Å². The van der Waals surface area contributed by atoms with Crippen molar-refractivity contribution in [1.29, 1.82) is 0 Å². The van der Waals surface area contributed by atoms with Crippen LogP contribution in [0.3, 0.4) is 0 Å². The van der Waals surface area contributed by atoms with Gasteiger partial charge in [0, 0.05) is 11.8 Å².